The van der Waals surface area contributed by atoms with Gasteiger partial charge in [0.2, 0.25) is 0 Å². The van der Waals surface area contributed by atoms with Gasteiger partial charge in [-0.05, 0) is 6.42 Å². The highest BCUT2D eigenvalue weighted by Gasteiger charge is 2.43. The van der Waals surface area contributed by atoms with Gasteiger partial charge in [0.1, 0.15) is 6.10 Å². The minimum absolute atomic E-state index is 0.0364. The lowest BCUT2D eigenvalue weighted by atomic mass is 10.1. The van der Waals surface area contributed by atoms with Crippen molar-refractivity contribution in [3.05, 3.63) is 0 Å². The third-order valence-electron chi connectivity index (χ3n) is 2.17. The van der Waals surface area contributed by atoms with E-state index in [2.05, 4.69) is 4.74 Å². The molecule has 0 aliphatic carbocycles. The fraction of sp³-hybridized carbons (Fsp3) is 0.857. The molecule has 0 bridgehead atoms. The predicted molar refractivity (Wildman–Crippen MR) is 37.0 cm³/mol. The number of hydrogen-bond donors (Lipinski definition) is 1. The van der Waals surface area contributed by atoms with Crippen LogP contribution in [-0.2, 0) is 14.2 Å². The van der Waals surface area contributed by atoms with E-state index >= 15 is 0 Å². The molecule has 2 rings (SSSR count). The molecule has 0 aromatic rings. The fourth-order valence-electron chi connectivity index (χ4n) is 1.66. The van der Waals surface area contributed by atoms with Gasteiger partial charge in [-0.3, -0.25) is 0 Å². The molecular weight excluding hydrogens is 164 g/mol. The predicted octanol–water partition coefficient (Wildman–Crippen LogP) is 0.237. The summed E-state index contributed by atoms with van der Waals surface area (Å²) in [4.78, 5) is 10.2. The summed E-state index contributed by atoms with van der Waals surface area (Å²) in [5.74, 6) is 0. The van der Waals surface area contributed by atoms with Crippen LogP contribution in [-0.4, -0.2) is 42.8 Å². The molecule has 0 aromatic heterocycles. The quantitative estimate of drug-likeness (QED) is 0.577. The van der Waals surface area contributed by atoms with Gasteiger partial charge in [0, 0.05) is 6.61 Å². The summed E-state index contributed by atoms with van der Waals surface area (Å²) >= 11 is 0. The van der Waals surface area contributed by atoms with Crippen molar-refractivity contribution in [3.63, 3.8) is 0 Å². The number of carbonyl (C=O) groups is 1. The summed E-state index contributed by atoms with van der Waals surface area (Å²) < 4.78 is 15.1. The Kier molecular flexibility index (Phi) is 1.90. The van der Waals surface area contributed by atoms with Crippen LogP contribution in [0.15, 0.2) is 0 Å². The van der Waals surface area contributed by atoms with Gasteiger partial charge in [-0.15, -0.1) is 0 Å². The lowest BCUT2D eigenvalue weighted by molar-refractivity contribution is -0.0144. The van der Waals surface area contributed by atoms with E-state index in [-0.39, 0.29) is 12.2 Å². The van der Waals surface area contributed by atoms with Gasteiger partial charge in [0.15, 0.2) is 6.10 Å². The van der Waals surface area contributed by atoms with Gasteiger partial charge in [0.25, 0.3) is 0 Å². The molecule has 0 aromatic carbocycles. The molecule has 0 spiro atoms. The highest BCUT2D eigenvalue weighted by atomic mass is 16.7. The molecule has 2 fully saturated rings. The summed E-state index contributed by atoms with van der Waals surface area (Å²) in [6.07, 6.45) is -1.00. The molecule has 2 aliphatic rings. The Labute approximate surface area is 69.2 Å². The molecule has 5 nitrogen and oxygen atoms in total. The maximum atomic E-state index is 10.2. The van der Waals surface area contributed by atoms with Gasteiger partial charge in [-0.25, -0.2) is 4.79 Å². The molecule has 1 unspecified atom stereocenters. The molecule has 2 heterocycles. The summed E-state index contributed by atoms with van der Waals surface area (Å²) in [5, 5.41) is 8.36. The van der Waals surface area contributed by atoms with E-state index in [0.29, 0.717) is 13.2 Å². The minimum atomic E-state index is -1.26. The fourth-order valence-corrected chi connectivity index (χ4v) is 1.66. The van der Waals surface area contributed by atoms with E-state index < -0.39 is 12.3 Å². The van der Waals surface area contributed by atoms with Crippen molar-refractivity contribution in [2.75, 3.05) is 13.2 Å². The van der Waals surface area contributed by atoms with Crippen molar-refractivity contribution in [2.45, 2.75) is 24.7 Å². The van der Waals surface area contributed by atoms with Crippen molar-refractivity contribution in [3.8, 4) is 0 Å². The van der Waals surface area contributed by atoms with Crippen LogP contribution in [0.3, 0.4) is 0 Å². The van der Waals surface area contributed by atoms with E-state index in [1.807, 2.05) is 0 Å². The molecule has 2 aliphatic heterocycles. The van der Waals surface area contributed by atoms with Gasteiger partial charge in [0.05, 0.1) is 12.7 Å². The second-order valence-corrected chi connectivity index (χ2v) is 2.92. The Hall–Kier alpha value is -0.810. The van der Waals surface area contributed by atoms with Crippen molar-refractivity contribution in [1.82, 2.24) is 0 Å². The first-order valence-corrected chi connectivity index (χ1v) is 3.90. The maximum absolute atomic E-state index is 10.2. The smallest absolute Gasteiger partial charge is 0.450 e. The van der Waals surface area contributed by atoms with Gasteiger partial charge in [-0.1, -0.05) is 0 Å². The largest absolute Gasteiger partial charge is 0.506 e. The first-order valence-electron chi connectivity index (χ1n) is 3.90. The molecule has 3 atom stereocenters. The Morgan fingerprint density at radius 1 is 1.50 bits per heavy atom. The molecule has 0 radical (unpaired) electrons. The Bertz CT molecular complexity index is 192. The van der Waals surface area contributed by atoms with Gasteiger partial charge in [-0.2, -0.15) is 0 Å². The molecule has 5 heteroatoms. The van der Waals surface area contributed by atoms with Crippen LogP contribution in [0.1, 0.15) is 6.42 Å². The molecule has 1 N–H and O–H groups in total. The molecule has 0 amide bonds. The summed E-state index contributed by atoms with van der Waals surface area (Å²) in [6.45, 7) is 0.955. The molecule has 0 saturated carbocycles. The second kappa shape index (κ2) is 2.91. The minimum Gasteiger partial charge on any atom is -0.450 e. The number of fused-ring (bicyclic) bond motifs is 1. The van der Waals surface area contributed by atoms with Gasteiger partial charge >= 0.3 is 6.16 Å². The van der Waals surface area contributed by atoms with E-state index in [9.17, 15) is 4.79 Å². The third kappa shape index (κ3) is 1.25. The van der Waals surface area contributed by atoms with Crippen molar-refractivity contribution in [1.29, 1.82) is 0 Å². The van der Waals surface area contributed by atoms with E-state index in [0.717, 1.165) is 6.42 Å². The van der Waals surface area contributed by atoms with Crippen LogP contribution in [0.25, 0.3) is 0 Å². The Balaban J connectivity index is 1.95. The second-order valence-electron chi connectivity index (χ2n) is 2.92. The molecule has 68 valence electrons. The van der Waals surface area contributed by atoms with Crippen LogP contribution in [0, 0.1) is 0 Å². The van der Waals surface area contributed by atoms with Crippen LogP contribution in [0.2, 0.25) is 0 Å². The average Bonchev–Trinajstić information content (AvgIpc) is 2.52. The van der Waals surface area contributed by atoms with E-state index in [4.69, 9.17) is 14.6 Å². The van der Waals surface area contributed by atoms with Gasteiger partial charge < -0.3 is 19.3 Å². The highest BCUT2D eigenvalue weighted by Crippen LogP contribution is 2.28. The van der Waals surface area contributed by atoms with Crippen LogP contribution < -0.4 is 0 Å². The SMILES string of the molecule is O=C(O)OC1CO[C@@H]2CCO[C@H]12. The van der Waals surface area contributed by atoms with Crippen LogP contribution in [0.5, 0.6) is 0 Å². The summed E-state index contributed by atoms with van der Waals surface area (Å²) in [5.41, 5.74) is 0. The van der Waals surface area contributed by atoms with Crippen molar-refractivity contribution < 1.29 is 24.1 Å². The standard InChI is InChI=1S/C7H10O5/c8-7(9)12-5-3-11-4-1-2-10-6(4)5/h4-6H,1-3H2,(H,8,9)/t4-,5?,6+/m1/s1. The summed E-state index contributed by atoms with van der Waals surface area (Å²) in [6, 6.07) is 0. The number of hydrogen-bond acceptors (Lipinski definition) is 4. The van der Waals surface area contributed by atoms with Crippen molar-refractivity contribution >= 4 is 6.16 Å². The number of rotatable bonds is 1. The monoisotopic (exact) mass is 174 g/mol. The van der Waals surface area contributed by atoms with Crippen LogP contribution >= 0.6 is 0 Å². The molecular formula is C7H10O5. The normalized spacial score (nSPS) is 39.5. The first kappa shape index (κ1) is 7.82. The lowest BCUT2D eigenvalue weighted by Gasteiger charge is -2.13. The Morgan fingerprint density at radius 3 is 3.08 bits per heavy atom. The van der Waals surface area contributed by atoms with Crippen molar-refractivity contribution in [2.24, 2.45) is 0 Å². The van der Waals surface area contributed by atoms with Crippen LogP contribution in [0.4, 0.5) is 4.79 Å². The van der Waals surface area contributed by atoms with E-state index in [1.54, 1.807) is 0 Å². The maximum Gasteiger partial charge on any atom is 0.506 e. The Morgan fingerprint density at radius 2 is 2.33 bits per heavy atom. The zero-order valence-electron chi connectivity index (χ0n) is 6.43. The lowest BCUT2D eigenvalue weighted by Crippen LogP contribution is -2.31. The first-order chi connectivity index (χ1) is 5.77. The number of carboxylic acid groups (broad SMARTS) is 1. The average molecular weight is 174 g/mol. The third-order valence-corrected chi connectivity index (χ3v) is 2.17. The zero-order valence-corrected chi connectivity index (χ0v) is 6.43. The zero-order chi connectivity index (χ0) is 8.55. The molecule has 12 heavy (non-hydrogen) atoms. The molecule has 2 saturated heterocycles. The topological polar surface area (TPSA) is 65.0 Å². The number of ether oxygens (including phenoxy) is 3. The van der Waals surface area contributed by atoms with E-state index in [1.165, 1.54) is 0 Å². The summed E-state index contributed by atoms with van der Waals surface area (Å²) in [7, 11) is 0. The highest BCUT2D eigenvalue weighted by molar-refractivity contribution is 5.57.